The van der Waals surface area contributed by atoms with E-state index in [9.17, 15) is 4.79 Å². The van der Waals surface area contributed by atoms with Gasteiger partial charge in [-0.25, -0.2) is 0 Å². The van der Waals surface area contributed by atoms with Crippen molar-refractivity contribution in [1.29, 1.82) is 0 Å². The highest BCUT2D eigenvalue weighted by molar-refractivity contribution is 7.98. The number of Topliss-reactive ketones (excluding diaryl/α,β-unsaturated/α-hetero) is 1. The molecule has 3 N–H and O–H groups in total. The van der Waals surface area contributed by atoms with Gasteiger partial charge in [-0.2, -0.15) is 11.8 Å². The van der Waals surface area contributed by atoms with Gasteiger partial charge in [0.05, 0.1) is 18.2 Å². The molecular weight excluding hydrogens is 548 g/mol. The average molecular weight is 619 g/mol. The lowest BCUT2D eigenvalue weighted by Crippen LogP contribution is -2.37. The second-order valence-electron chi connectivity index (χ2n) is 10.5. The highest BCUT2D eigenvalue weighted by Gasteiger charge is 2.37. The van der Waals surface area contributed by atoms with E-state index in [0.717, 1.165) is 55.5 Å². The van der Waals surface area contributed by atoms with Crippen LogP contribution >= 0.6 is 11.8 Å². The number of allylic oxidation sites excluding steroid dienone is 3. The van der Waals surface area contributed by atoms with Crippen LogP contribution in [-0.2, 0) is 17.6 Å². The van der Waals surface area contributed by atoms with E-state index >= 15 is 0 Å². The fourth-order valence-electron chi connectivity index (χ4n) is 4.83. The van der Waals surface area contributed by atoms with Crippen LogP contribution in [0.2, 0.25) is 0 Å². The number of likely N-dealkylation sites (N-methyl/N-ethyl adjacent to an activating group) is 1. The van der Waals surface area contributed by atoms with Gasteiger partial charge < -0.3 is 15.7 Å². The highest BCUT2D eigenvalue weighted by Crippen LogP contribution is 2.33. The third-order valence-corrected chi connectivity index (χ3v) is 8.20. The summed E-state index contributed by atoms with van der Waals surface area (Å²) < 4.78 is 0. The van der Waals surface area contributed by atoms with Crippen LogP contribution in [0.5, 0.6) is 0 Å². The maximum absolute atomic E-state index is 12.9. The summed E-state index contributed by atoms with van der Waals surface area (Å²) in [4.78, 5) is 12.9. The Morgan fingerprint density at radius 1 is 0.907 bits per heavy atom. The molecule has 4 nitrogen and oxygen atoms in total. The Bertz CT molecular complexity index is 880. The van der Waals surface area contributed by atoms with Crippen molar-refractivity contribution in [3.63, 3.8) is 0 Å². The molecule has 0 saturated carbocycles. The number of aliphatic hydroxyl groups is 1. The molecule has 0 spiro atoms. The molecule has 0 radical (unpaired) electrons. The van der Waals surface area contributed by atoms with Gasteiger partial charge in [-0.1, -0.05) is 131 Å². The van der Waals surface area contributed by atoms with Crippen LogP contribution in [-0.4, -0.2) is 48.1 Å². The van der Waals surface area contributed by atoms with E-state index in [1.807, 2.05) is 27.0 Å². The number of carbonyl (C=O) groups is 1. The Morgan fingerprint density at radius 2 is 1.44 bits per heavy atom. The minimum absolute atomic E-state index is 0. The lowest BCUT2D eigenvalue weighted by Gasteiger charge is -2.21. The lowest BCUT2D eigenvalue weighted by molar-refractivity contribution is -0.117. The number of carbonyl (C=O) groups excluding carboxylic acids is 1. The molecule has 1 aromatic rings. The Morgan fingerprint density at radius 3 is 1.81 bits per heavy atom. The number of unbranched alkanes of at least 4 members (excludes halogenated alkanes) is 2. The van der Waals surface area contributed by atoms with Crippen molar-refractivity contribution >= 4 is 17.5 Å². The third-order valence-electron chi connectivity index (χ3n) is 7.56. The monoisotopic (exact) mass is 619 g/mol. The van der Waals surface area contributed by atoms with Crippen LogP contribution in [0.4, 0.5) is 0 Å². The number of benzene rings is 1. The number of aryl methyl sites for hydroxylation is 2. The van der Waals surface area contributed by atoms with E-state index in [1.165, 1.54) is 30.4 Å². The molecule has 0 saturated heterocycles. The van der Waals surface area contributed by atoms with E-state index in [1.54, 1.807) is 11.8 Å². The zero-order valence-electron chi connectivity index (χ0n) is 27.8. The van der Waals surface area contributed by atoms with E-state index in [2.05, 4.69) is 94.0 Å². The van der Waals surface area contributed by atoms with Crippen molar-refractivity contribution in [3.05, 3.63) is 71.0 Å². The van der Waals surface area contributed by atoms with E-state index in [-0.39, 0.29) is 44.7 Å². The van der Waals surface area contributed by atoms with Crippen LogP contribution in [0.25, 0.3) is 0 Å². The lowest BCUT2D eigenvalue weighted by atomic mass is 9.85. The van der Waals surface area contributed by atoms with Crippen molar-refractivity contribution < 1.29 is 9.90 Å². The Kier molecular flexibility index (Phi) is 30.7. The maximum Gasteiger partial charge on any atom is 0.178 e. The van der Waals surface area contributed by atoms with Crippen LogP contribution < -0.4 is 10.6 Å². The van der Waals surface area contributed by atoms with E-state index in [4.69, 9.17) is 5.11 Å². The smallest absolute Gasteiger partial charge is 0.178 e. The molecule has 1 aliphatic heterocycles. The number of thioether (sulfide) groups is 1. The zero-order chi connectivity index (χ0) is 31.0. The summed E-state index contributed by atoms with van der Waals surface area (Å²) in [6, 6.07) is 8.82. The summed E-state index contributed by atoms with van der Waals surface area (Å²) in [5.41, 5.74) is 5.08. The zero-order valence-corrected chi connectivity index (χ0v) is 28.6. The fraction of sp³-hybridized carbons (Fsp3) is 0.658. The molecule has 0 amide bonds. The summed E-state index contributed by atoms with van der Waals surface area (Å²) in [5, 5.41) is 15.3. The SMILES string of the molecule is C.C.CCC(O)CC.CCC1=C(C(=O)[C@H](CCSC)NC)C2C=CC=CC2N1.CCCCC.CCc1ccccc1CC. The van der Waals surface area contributed by atoms with Crippen molar-refractivity contribution in [1.82, 2.24) is 10.6 Å². The first-order chi connectivity index (χ1) is 19.8. The summed E-state index contributed by atoms with van der Waals surface area (Å²) >= 11 is 1.79. The van der Waals surface area contributed by atoms with Gasteiger partial charge in [-0.3, -0.25) is 4.79 Å². The normalized spacial score (nSPS) is 16.5. The van der Waals surface area contributed by atoms with Gasteiger partial charge in [0.15, 0.2) is 5.78 Å². The van der Waals surface area contributed by atoms with Gasteiger partial charge in [0.2, 0.25) is 0 Å². The minimum Gasteiger partial charge on any atom is -0.393 e. The van der Waals surface area contributed by atoms with Crippen LogP contribution in [0.15, 0.2) is 59.8 Å². The number of ketones is 1. The number of nitrogens with one attached hydrogen (secondary N) is 2. The molecule has 1 aromatic carbocycles. The van der Waals surface area contributed by atoms with Crippen LogP contribution in [0.1, 0.15) is 119 Å². The summed E-state index contributed by atoms with van der Waals surface area (Å²) in [5.74, 6) is 1.47. The molecule has 3 atom stereocenters. The number of hydrogen-bond acceptors (Lipinski definition) is 5. The average Bonchev–Trinajstić information content (AvgIpc) is 3.41. The molecule has 2 unspecified atom stereocenters. The van der Waals surface area contributed by atoms with Crippen molar-refractivity contribution in [2.75, 3.05) is 19.1 Å². The minimum atomic E-state index is -0.0705. The molecule has 3 rings (SSSR count). The molecule has 0 fully saturated rings. The predicted octanol–water partition coefficient (Wildman–Crippen LogP) is 9.72. The summed E-state index contributed by atoms with van der Waals surface area (Å²) in [6.07, 6.45) is 20.3. The topological polar surface area (TPSA) is 61.4 Å². The van der Waals surface area contributed by atoms with Gasteiger partial charge in [-0.15, -0.1) is 0 Å². The highest BCUT2D eigenvalue weighted by atomic mass is 32.2. The first-order valence-corrected chi connectivity index (χ1v) is 17.5. The number of rotatable bonds is 13. The van der Waals surface area contributed by atoms with Crippen LogP contribution in [0, 0.1) is 5.92 Å². The van der Waals surface area contributed by atoms with Gasteiger partial charge in [0.1, 0.15) is 0 Å². The second kappa shape index (κ2) is 28.9. The summed E-state index contributed by atoms with van der Waals surface area (Å²) in [6.45, 7) is 14.9. The van der Waals surface area contributed by atoms with Gasteiger partial charge in [-0.05, 0) is 68.7 Å². The standard InChI is InChI=1S/C16H24N2OS.C10H14.C5H12O.C5H12.2CH4/c1-4-12-15(11-7-5-6-8-13(11)18-12)16(19)14(17-2)9-10-20-3;1-3-9-7-5-6-8-10(9)4-2;1-3-5(6)4-2;1-3-5-4-2;;/h5-8,11,13-14,17-18H,4,9-10H2,1-3H3;5-8H,3-4H2,1-2H3;5-6H,3-4H2,1-2H3;3-5H2,1-2H3;2*1H4/t11?,13?,14-;;;;;/m0...../s1. The molecule has 250 valence electrons. The largest absolute Gasteiger partial charge is 0.393 e. The van der Waals surface area contributed by atoms with Crippen molar-refractivity contribution in [2.24, 2.45) is 5.92 Å². The first-order valence-electron chi connectivity index (χ1n) is 16.1. The van der Waals surface area contributed by atoms with Gasteiger partial charge in [0.25, 0.3) is 0 Å². The Hall–Kier alpha value is -1.82. The molecule has 1 heterocycles. The second-order valence-corrected chi connectivity index (χ2v) is 11.5. The molecular formula is C38H70N2O2S. The molecule has 43 heavy (non-hydrogen) atoms. The van der Waals surface area contributed by atoms with Gasteiger partial charge in [0, 0.05) is 17.2 Å². The third kappa shape index (κ3) is 17.3. The number of aliphatic hydroxyl groups excluding tert-OH is 1. The predicted molar refractivity (Wildman–Crippen MR) is 197 cm³/mol. The maximum atomic E-state index is 12.9. The van der Waals surface area contributed by atoms with Crippen molar-refractivity contribution in [2.45, 2.75) is 139 Å². The molecule has 1 aliphatic carbocycles. The van der Waals surface area contributed by atoms with E-state index in [0.29, 0.717) is 0 Å². The molecule has 0 aromatic heterocycles. The van der Waals surface area contributed by atoms with E-state index < -0.39 is 0 Å². The molecule has 5 heteroatoms. The van der Waals surface area contributed by atoms with Crippen LogP contribution in [0.3, 0.4) is 0 Å². The molecule has 0 bridgehead atoms. The Balaban J connectivity index is -0.000000583. The van der Waals surface area contributed by atoms with Gasteiger partial charge >= 0.3 is 0 Å². The molecule has 2 aliphatic rings. The first kappa shape index (κ1) is 45.6. The summed E-state index contributed by atoms with van der Waals surface area (Å²) in [7, 11) is 1.88. The number of fused-ring (bicyclic) bond motifs is 1. The quantitative estimate of drug-likeness (QED) is 0.205. The fourth-order valence-corrected chi connectivity index (χ4v) is 5.30. The Labute approximate surface area is 272 Å². The number of hydrogen-bond donors (Lipinski definition) is 3. The van der Waals surface area contributed by atoms with Crippen molar-refractivity contribution in [3.8, 4) is 0 Å².